The first-order chi connectivity index (χ1) is 7.83. The van der Waals surface area contributed by atoms with Gasteiger partial charge in [-0.25, -0.2) is 0 Å². The molecule has 0 unspecified atom stereocenters. The Hall–Kier alpha value is -1.08. The van der Waals surface area contributed by atoms with Crippen molar-refractivity contribution in [2.24, 2.45) is 11.8 Å². The Morgan fingerprint density at radius 2 is 1.69 bits per heavy atom. The van der Waals surface area contributed by atoms with Gasteiger partial charge in [-0.3, -0.25) is 0 Å². The largest absolute Gasteiger partial charge is 0.364 e. The Morgan fingerprint density at radius 1 is 1.06 bits per heavy atom. The lowest BCUT2D eigenvalue weighted by Gasteiger charge is -2.42. The van der Waals surface area contributed by atoms with Gasteiger partial charge in [0, 0.05) is 11.8 Å². The van der Waals surface area contributed by atoms with Crippen LogP contribution in [-0.2, 0) is 4.74 Å². The van der Waals surface area contributed by atoms with E-state index in [0.29, 0.717) is 24.0 Å². The molecule has 1 saturated heterocycles. The van der Waals surface area contributed by atoms with Gasteiger partial charge in [0.25, 0.3) is 0 Å². The zero-order valence-corrected chi connectivity index (χ0v) is 9.73. The number of ether oxygens (including phenoxy) is 1. The Morgan fingerprint density at radius 3 is 2.31 bits per heavy atom. The van der Waals surface area contributed by atoms with Gasteiger partial charge in [-0.15, -0.1) is 0 Å². The molecule has 0 spiro atoms. The Bertz CT molecular complexity index is 500. The third kappa shape index (κ3) is 0.799. The molecule has 4 atom stereocenters. The Labute approximate surface area is 96.1 Å². The van der Waals surface area contributed by atoms with Crippen LogP contribution in [0.1, 0.15) is 43.6 Å². The molecule has 1 aromatic rings. The van der Waals surface area contributed by atoms with Crippen LogP contribution < -0.4 is 0 Å². The first-order valence-corrected chi connectivity index (χ1v) is 6.26. The molecular weight excluding hydrogens is 196 g/mol. The molecule has 0 radical (unpaired) electrons. The summed E-state index contributed by atoms with van der Waals surface area (Å²) in [5.41, 5.74) is 6.16. The van der Waals surface area contributed by atoms with Crippen molar-refractivity contribution in [2.75, 3.05) is 0 Å². The monoisotopic (exact) mass is 212 g/mol. The van der Waals surface area contributed by atoms with Crippen molar-refractivity contribution in [3.8, 4) is 0 Å². The summed E-state index contributed by atoms with van der Waals surface area (Å²) in [6, 6.07) is 8.76. The van der Waals surface area contributed by atoms with Crippen LogP contribution in [0.2, 0.25) is 0 Å². The summed E-state index contributed by atoms with van der Waals surface area (Å²) >= 11 is 0. The van der Waals surface area contributed by atoms with Crippen LogP contribution >= 0.6 is 0 Å². The highest BCUT2D eigenvalue weighted by Crippen LogP contribution is 2.67. The van der Waals surface area contributed by atoms with Gasteiger partial charge >= 0.3 is 0 Å². The van der Waals surface area contributed by atoms with Gasteiger partial charge in [-0.05, 0) is 24.5 Å². The number of hydrogen-bond donors (Lipinski definition) is 0. The van der Waals surface area contributed by atoms with Crippen LogP contribution in [0, 0.1) is 11.8 Å². The van der Waals surface area contributed by atoms with Crippen LogP contribution in [0.5, 0.6) is 0 Å². The topological polar surface area (TPSA) is 9.23 Å². The first-order valence-electron chi connectivity index (χ1n) is 6.26. The van der Waals surface area contributed by atoms with Gasteiger partial charge in [0.15, 0.2) is 0 Å². The second-order valence-corrected chi connectivity index (χ2v) is 5.22. The van der Waals surface area contributed by atoms with Crippen LogP contribution in [-0.4, -0.2) is 0 Å². The van der Waals surface area contributed by atoms with Crippen molar-refractivity contribution in [1.29, 1.82) is 0 Å². The van der Waals surface area contributed by atoms with Gasteiger partial charge in [-0.2, -0.15) is 0 Å². The smallest absolute Gasteiger partial charge is 0.0909 e. The lowest BCUT2D eigenvalue weighted by molar-refractivity contribution is 0.0613. The van der Waals surface area contributed by atoms with Crippen LogP contribution in [0.3, 0.4) is 0 Å². The molecule has 1 nitrogen and oxygen atoms in total. The molecule has 0 saturated carbocycles. The highest BCUT2D eigenvalue weighted by Gasteiger charge is 2.58. The zero-order chi connectivity index (χ0) is 10.9. The predicted molar refractivity (Wildman–Crippen MR) is 63.0 cm³/mol. The van der Waals surface area contributed by atoms with Crippen LogP contribution in [0.4, 0.5) is 0 Å². The molecule has 4 rings (SSSR count). The highest BCUT2D eigenvalue weighted by molar-refractivity contribution is 5.48. The minimum atomic E-state index is 0.362. The van der Waals surface area contributed by atoms with E-state index >= 15 is 0 Å². The number of hydrogen-bond acceptors (Lipinski definition) is 1. The van der Waals surface area contributed by atoms with E-state index < -0.39 is 0 Å². The van der Waals surface area contributed by atoms with Crippen LogP contribution in [0.15, 0.2) is 35.4 Å². The van der Waals surface area contributed by atoms with Gasteiger partial charge < -0.3 is 4.74 Å². The van der Waals surface area contributed by atoms with E-state index in [-0.39, 0.29) is 0 Å². The van der Waals surface area contributed by atoms with Gasteiger partial charge in [0.2, 0.25) is 0 Å². The van der Waals surface area contributed by atoms with Gasteiger partial charge in [0.1, 0.15) is 0 Å². The molecular formula is C15H16O. The summed E-state index contributed by atoms with van der Waals surface area (Å²) in [5.74, 6) is 1.39. The maximum Gasteiger partial charge on any atom is 0.0909 e. The number of fused-ring (bicyclic) bond motifs is 8. The molecule has 1 fully saturated rings. The second-order valence-electron chi connectivity index (χ2n) is 5.22. The van der Waals surface area contributed by atoms with Gasteiger partial charge in [0.05, 0.1) is 12.2 Å². The summed E-state index contributed by atoms with van der Waals surface area (Å²) in [6.45, 7) is 4.57. The molecule has 1 aromatic carbocycles. The number of benzene rings is 1. The summed E-state index contributed by atoms with van der Waals surface area (Å²) in [4.78, 5) is 0. The second kappa shape index (κ2) is 2.78. The maximum absolute atomic E-state index is 6.19. The van der Waals surface area contributed by atoms with Crippen molar-refractivity contribution in [2.45, 2.75) is 32.5 Å². The normalized spacial score (nSPS) is 38.4. The SMILES string of the molecule is CCC1=C(C)[C@H]2[C@@H]1[C@H]1O[C@@H]2c2ccccc21. The highest BCUT2D eigenvalue weighted by atomic mass is 16.5. The molecule has 16 heavy (non-hydrogen) atoms. The summed E-state index contributed by atoms with van der Waals surface area (Å²) < 4.78 is 6.19. The standard InChI is InChI=1S/C15H16O/c1-3-9-8(2)12-13(9)15-11-7-5-4-6-10(11)14(12)16-15/h4-7,12-15H,3H2,1-2H3/t12-,13+,14+,15-/m0/s1. The molecule has 2 aliphatic heterocycles. The van der Waals surface area contributed by atoms with E-state index in [0.717, 1.165) is 0 Å². The fourth-order valence-corrected chi connectivity index (χ4v) is 4.06. The quantitative estimate of drug-likeness (QED) is 0.644. The summed E-state index contributed by atoms with van der Waals surface area (Å²) in [5, 5.41) is 0. The number of rotatable bonds is 1. The van der Waals surface area contributed by atoms with Gasteiger partial charge in [-0.1, -0.05) is 42.3 Å². The molecule has 2 heterocycles. The fraction of sp³-hybridized carbons (Fsp3) is 0.467. The zero-order valence-electron chi connectivity index (χ0n) is 9.73. The van der Waals surface area contributed by atoms with Crippen molar-refractivity contribution in [3.63, 3.8) is 0 Å². The molecule has 1 aliphatic carbocycles. The maximum atomic E-state index is 6.19. The third-order valence-electron chi connectivity index (χ3n) is 4.73. The molecule has 0 amide bonds. The minimum Gasteiger partial charge on any atom is -0.364 e. The minimum absolute atomic E-state index is 0.362. The first kappa shape index (κ1) is 9.00. The van der Waals surface area contributed by atoms with E-state index in [9.17, 15) is 0 Å². The summed E-state index contributed by atoms with van der Waals surface area (Å²) in [7, 11) is 0. The average Bonchev–Trinajstić information content (AvgIpc) is 2.82. The fourth-order valence-electron chi connectivity index (χ4n) is 4.06. The van der Waals surface area contributed by atoms with E-state index in [2.05, 4.69) is 38.1 Å². The van der Waals surface area contributed by atoms with E-state index in [1.807, 2.05) is 0 Å². The van der Waals surface area contributed by atoms with E-state index in [1.54, 1.807) is 11.1 Å². The lowest BCUT2D eigenvalue weighted by Crippen LogP contribution is -2.33. The Balaban J connectivity index is 1.85. The average molecular weight is 212 g/mol. The molecule has 3 aliphatic rings. The van der Waals surface area contributed by atoms with E-state index in [4.69, 9.17) is 4.74 Å². The van der Waals surface area contributed by atoms with Crippen LogP contribution in [0.25, 0.3) is 0 Å². The molecule has 1 heteroatoms. The van der Waals surface area contributed by atoms with Crippen molar-refractivity contribution in [3.05, 3.63) is 46.5 Å². The molecule has 0 N–H and O–H groups in total. The summed E-state index contributed by atoms with van der Waals surface area (Å²) in [6.07, 6.45) is 1.92. The predicted octanol–water partition coefficient (Wildman–Crippen LogP) is 3.79. The van der Waals surface area contributed by atoms with Crippen molar-refractivity contribution < 1.29 is 4.74 Å². The van der Waals surface area contributed by atoms with Crippen molar-refractivity contribution >= 4 is 0 Å². The molecule has 2 bridgehead atoms. The third-order valence-corrected chi connectivity index (χ3v) is 4.73. The van der Waals surface area contributed by atoms with Crippen molar-refractivity contribution in [1.82, 2.24) is 0 Å². The van der Waals surface area contributed by atoms with E-state index in [1.165, 1.54) is 17.5 Å². The molecule has 82 valence electrons. The molecule has 0 aromatic heterocycles. The Kier molecular flexibility index (Phi) is 1.56. The lowest BCUT2D eigenvalue weighted by atomic mass is 9.60.